The van der Waals surface area contributed by atoms with Gasteiger partial charge in [0.05, 0.1) is 12.1 Å². The van der Waals surface area contributed by atoms with Crippen molar-refractivity contribution < 1.29 is 9.15 Å². The largest absolute Gasteiger partial charge is 0.462 e. The molecule has 5 heteroatoms. The SMILES string of the molecule is COCc1ccc(CNCc2cncs2)o1. The van der Waals surface area contributed by atoms with Gasteiger partial charge in [0, 0.05) is 24.7 Å². The summed E-state index contributed by atoms with van der Waals surface area (Å²) in [4.78, 5) is 5.24. The molecule has 2 rings (SSSR count). The van der Waals surface area contributed by atoms with Gasteiger partial charge in [0.2, 0.25) is 0 Å². The Hall–Kier alpha value is -1.17. The first-order valence-corrected chi connectivity index (χ1v) is 5.91. The molecule has 86 valence electrons. The highest BCUT2D eigenvalue weighted by atomic mass is 32.1. The lowest BCUT2D eigenvalue weighted by Crippen LogP contribution is -2.11. The van der Waals surface area contributed by atoms with Crippen LogP contribution in [0.5, 0.6) is 0 Å². The van der Waals surface area contributed by atoms with Crippen LogP contribution in [-0.4, -0.2) is 12.1 Å². The average Bonchev–Trinajstić information content (AvgIpc) is 2.90. The summed E-state index contributed by atoms with van der Waals surface area (Å²) in [6, 6.07) is 3.90. The number of aromatic nitrogens is 1. The minimum Gasteiger partial charge on any atom is -0.462 e. The van der Waals surface area contributed by atoms with E-state index < -0.39 is 0 Å². The third kappa shape index (κ3) is 3.16. The van der Waals surface area contributed by atoms with Crippen LogP contribution < -0.4 is 5.32 Å². The van der Waals surface area contributed by atoms with Crippen molar-refractivity contribution in [3.05, 3.63) is 40.2 Å². The van der Waals surface area contributed by atoms with E-state index in [1.807, 2.05) is 23.8 Å². The number of hydrogen-bond donors (Lipinski definition) is 1. The fourth-order valence-corrected chi connectivity index (χ4v) is 1.94. The lowest BCUT2D eigenvalue weighted by atomic mass is 10.4. The summed E-state index contributed by atoms with van der Waals surface area (Å²) in [5.74, 6) is 1.79. The molecule has 16 heavy (non-hydrogen) atoms. The van der Waals surface area contributed by atoms with Crippen LogP contribution in [0.3, 0.4) is 0 Å². The Morgan fingerprint density at radius 2 is 2.25 bits per heavy atom. The lowest BCUT2D eigenvalue weighted by Gasteiger charge is -1.99. The summed E-state index contributed by atoms with van der Waals surface area (Å²) in [6.45, 7) is 2.07. The second-order valence-corrected chi connectivity index (χ2v) is 4.34. The quantitative estimate of drug-likeness (QED) is 0.838. The predicted octanol–water partition coefficient (Wildman–Crippen LogP) is 2.17. The summed E-state index contributed by atoms with van der Waals surface area (Å²) in [6.07, 6.45) is 1.87. The number of nitrogens with one attached hydrogen (secondary N) is 1. The number of methoxy groups -OCH3 is 1. The van der Waals surface area contributed by atoms with Crippen molar-refractivity contribution in [2.24, 2.45) is 0 Å². The van der Waals surface area contributed by atoms with Crippen LogP contribution in [0.15, 0.2) is 28.3 Å². The van der Waals surface area contributed by atoms with Crippen LogP contribution in [0.2, 0.25) is 0 Å². The molecule has 1 N–H and O–H groups in total. The zero-order valence-corrected chi connectivity index (χ0v) is 9.92. The van der Waals surface area contributed by atoms with Crippen molar-refractivity contribution in [2.75, 3.05) is 7.11 Å². The first kappa shape index (κ1) is 11.3. The van der Waals surface area contributed by atoms with Crippen molar-refractivity contribution in [3.63, 3.8) is 0 Å². The van der Waals surface area contributed by atoms with Gasteiger partial charge in [-0.15, -0.1) is 11.3 Å². The molecule has 2 aromatic heterocycles. The van der Waals surface area contributed by atoms with Crippen molar-refractivity contribution in [1.29, 1.82) is 0 Å². The summed E-state index contributed by atoms with van der Waals surface area (Å²) in [7, 11) is 1.66. The maximum Gasteiger partial charge on any atom is 0.129 e. The molecule has 0 atom stereocenters. The van der Waals surface area contributed by atoms with Gasteiger partial charge in [-0.3, -0.25) is 4.98 Å². The van der Waals surface area contributed by atoms with Crippen LogP contribution in [-0.2, 0) is 24.4 Å². The summed E-state index contributed by atoms with van der Waals surface area (Å²) >= 11 is 1.65. The standard InChI is InChI=1S/C11H14N2O2S/c1-14-7-10-3-2-9(15-10)4-12-5-11-6-13-8-16-11/h2-3,6,8,12H,4-5,7H2,1H3. The minimum absolute atomic E-state index is 0.523. The second-order valence-electron chi connectivity index (χ2n) is 3.37. The van der Waals surface area contributed by atoms with E-state index in [1.165, 1.54) is 4.88 Å². The summed E-state index contributed by atoms with van der Waals surface area (Å²) in [5, 5.41) is 3.30. The number of ether oxygens (including phenoxy) is 1. The van der Waals surface area contributed by atoms with Gasteiger partial charge >= 0.3 is 0 Å². The summed E-state index contributed by atoms with van der Waals surface area (Å²) < 4.78 is 10.5. The highest BCUT2D eigenvalue weighted by molar-refractivity contribution is 7.09. The molecule has 0 spiro atoms. The number of thiazole rings is 1. The van der Waals surface area contributed by atoms with Gasteiger partial charge in [0.1, 0.15) is 18.1 Å². The van der Waals surface area contributed by atoms with Crippen LogP contribution >= 0.6 is 11.3 Å². The topological polar surface area (TPSA) is 47.3 Å². The fourth-order valence-electron chi connectivity index (χ4n) is 1.38. The molecule has 0 amide bonds. The zero-order valence-electron chi connectivity index (χ0n) is 9.10. The first-order valence-electron chi connectivity index (χ1n) is 5.03. The Balaban J connectivity index is 1.76. The van der Waals surface area contributed by atoms with Gasteiger partial charge in [-0.1, -0.05) is 0 Å². The smallest absolute Gasteiger partial charge is 0.129 e. The van der Waals surface area contributed by atoms with Crippen LogP contribution in [0.4, 0.5) is 0 Å². The number of furan rings is 1. The van der Waals surface area contributed by atoms with Gasteiger partial charge in [0.25, 0.3) is 0 Å². The van der Waals surface area contributed by atoms with E-state index in [2.05, 4.69) is 10.3 Å². The zero-order chi connectivity index (χ0) is 11.2. The van der Waals surface area contributed by atoms with E-state index in [9.17, 15) is 0 Å². The lowest BCUT2D eigenvalue weighted by molar-refractivity contribution is 0.162. The second kappa shape index (κ2) is 5.79. The molecule has 2 heterocycles. The van der Waals surface area contributed by atoms with Crippen LogP contribution in [0.1, 0.15) is 16.4 Å². The van der Waals surface area contributed by atoms with E-state index in [1.54, 1.807) is 18.4 Å². The predicted molar refractivity (Wildman–Crippen MR) is 62.1 cm³/mol. The molecule has 0 saturated carbocycles. The van der Waals surface area contributed by atoms with Gasteiger partial charge in [0.15, 0.2) is 0 Å². The molecule has 0 unspecified atom stereocenters. The third-order valence-electron chi connectivity index (χ3n) is 2.09. The average molecular weight is 238 g/mol. The first-order chi connectivity index (χ1) is 7.88. The maximum atomic E-state index is 5.54. The molecular formula is C11H14N2O2S. The van der Waals surface area contributed by atoms with Gasteiger partial charge in [-0.25, -0.2) is 0 Å². The van der Waals surface area contributed by atoms with Crippen LogP contribution in [0, 0.1) is 0 Å². The van der Waals surface area contributed by atoms with Gasteiger partial charge in [-0.2, -0.15) is 0 Å². The molecule has 2 aromatic rings. The minimum atomic E-state index is 0.523. The van der Waals surface area contributed by atoms with Crippen molar-refractivity contribution in [3.8, 4) is 0 Å². The number of rotatable bonds is 6. The molecule has 0 bridgehead atoms. The Labute approximate surface area is 98.3 Å². The van der Waals surface area contributed by atoms with E-state index in [-0.39, 0.29) is 0 Å². The molecule has 0 aliphatic rings. The Kier molecular flexibility index (Phi) is 4.10. The molecule has 0 radical (unpaired) electrons. The van der Waals surface area contributed by atoms with Gasteiger partial charge < -0.3 is 14.5 Å². The van der Waals surface area contributed by atoms with Crippen molar-refractivity contribution >= 4 is 11.3 Å². The Bertz CT molecular complexity index is 411. The fraction of sp³-hybridized carbons (Fsp3) is 0.364. The molecule has 0 saturated heterocycles. The van der Waals surface area contributed by atoms with E-state index in [0.717, 1.165) is 24.6 Å². The third-order valence-corrected chi connectivity index (χ3v) is 2.87. The van der Waals surface area contributed by atoms with E-state index >= 15 is 0 Å². The molecule has 0 fully saturated rings. The monoisotopic (exact) mass is 238 g/mol. The van der Waals surface area contributed by atoms with Crippen LogP contribution in [0.25, 0.3) is 0 Å². The molecule has 0 aromatic carbocycles. The van der Waals surface area contributed by atoms with E-state index in [4.69, 9.17) is 9.15 Å². The maximum absolute atomic E-state index is 5.54. The Morgan fingerprint density at radius 3 is 3.00 bits per heavy atom. The van der Waals surface area contributed by atoms with Gasteiger partial charge in [-0.05, 0) is 12.1 Å². The Morgan fingerprint density at radius 1 is 1.38 bits per heavy atom. The highest BCUT2D eigenvalue weighted by Gasteiger charge is 2.01. The summed E-state index contributed by atoms with van der Waals surface area (Å²) in [5.41, 5.74) is 1.83. The number of hydrogen-bond acceptors (Lipinski definition) is 5. The van der Waals surface area contributed by atoms with Crippen molar-refractivity contribution in [2.45, 2.75) is 19.7 Å². The van der Waals surface area contributed by atoms with E-state index in [0.29, 0.717) is 6.61 Å². The number of nitrogens with zero attached hydrogens (tertiary/aromatic N) is 1. The molecule has 0 aliphatic carbocycles. The molecule has 0 aliphatic heterocycles. The highest BCUT2D eigenvalue weighted by Crippen LogP contribution is 2.09. The normalized spacial score (nSPS) is 10.8. The molecular weight excluding hydrogens is 224 g/mol. The van der Waals surface area contributed by atoms with Crippen molar-refractivity contribution in [1.82, 2.24) is 10.3 Å². The molecule has 4 nitrogen and oxygen atoms in total.